The van der Waals surface area contributed by atoms with Gasteiger partial charge >= 0.3 is 257 Å². The molecule has 6 nitrogen and oxygen atoms in total. The van der Waals surface area contributed by atoms with Gasteiger partial charge in [0.05, 0.1) is 0 Å². The molecule has 2 N–H and O–H groups in total. The molecule has 17 heteroatoms. The van der Waals surface area contributed by atoms with Gasteiger partial charge in [0.15, 0.2) is 0 Å². The minimum atomic E-state index is -1.54. The average Bonchev–Trinajstić information content (AvgIpc) is 2.79. The van der Waals surface area contributed by atoms with Gasteiger partial charge in [-0.15, -0.1) is 0 Å². The number of aromatic nitrogens is 6. The van der Waals surface area contributed by atoms with E-state index in [1.807, 2.05) is 48.5 Å². The van der Waals surface area contributed by atoms with Gasteiger partial charge in [0.2, 0.25) is 0 Å². The van der Waals surface area contributed by atoms with Crippen LogP contribution in [0, 0.1) is 9.28 Å². The van der Waals surface area contributed by atoms with Crippen molar-refractivity contribution in [2.45, 2.75) is 20.4 Å². The Bertz CT molecular complexity index is 1440. The van der Waals surface area contributed by atoms with Gasteiger partial charge in [-0.25, -0.2) is 0 Å². The fourth-order valence-electron chi connectivity index (χ4n) is 2.56. The average molecular weight is 952 g/mol. The summed E-state index contributed by atoms with van der Waals surface area (Å²) in [5, 5.41) is 2.52. The van der Waals surface area contributed by atoms with E-state index in [9.17, 15) is 0 Å². The molecule has 4 rings (SSSR count). The summed E-state index contributed by atoms with van der Waals surface area (Å²) >= 11 is 30.1. The second kappa shape index (κ2) is 15.6. The zero-order valence-corrected chi connectivity index (χ0v) is 31.3. The number of nitrogens with one attached hydrogen (secondary N) is 2. The first-order valence-corrected chi connectivity index (χ1v) is 23.3. The summed E-state index contributed by atoms with van der Waals surface area (Å²) in [4.78, 5) is 23.0. The van der Waals surface area contributed by atoms with Crippen molar-refractivity contribution in [3.05, 3.63) is 70.2 Å². The van der Waals surface area contributed by atoms with Crippen LogP contribution in [0.4, 0.5) is 0 Å². The van der Waals surface area contributed by atoms with E-state index in [1.54, 1.807) is 35.2 Å². The molecule has 1 radical (unpaired) electrons. The first-order chi connectivity index (χ1) is 16.9. The molecule has 2 unspecified atom stereocenters. The first-order valence-electron chi connectivity index (χ1n) is 9.89. The maximum Gasteiger partial charge on any atom is 0 e. The molecule has 0 aliphatic rings. The van der Waals surface area contributed by atoms with Crippen LogP contribution in [-0.2, 0) is 47.6 Å². The van der Waals surface area contributed by atoms with Crippen molar-refractivity contribution in [3.8, 4) is 0 Å². The fraction of sp³-hybridized carbons (Fsp3) is 0.100. The van der Waals surface area contributed by atoms with Gasteiger partial charge in [-0.05, 0) is 0 Å². The summed E-state index contributed by atoms with van der Waals surface area (Å²) in [7, 11) is 0. The van der Waals surface area contributed by atoms with Crippen LogP contribution in [-0.4, -0.2) is 73.4 Å². The zero-order valence-electron chi connectivity index (χ0n) is 19.0. The molecule has 0 fully saturated rings. The van der Waals surface area contributed by atoms with Crippen molar-refractivity contribution >= 4 is 123 Å². The predicted molar refractivity (Wildman–Crippen MR) is 167 cm³/mol. The second-order valence-corrected chi connectivity index (χ2v) is 32.0. The first kappa shape index (κ1) is 33.9. The monoisotopic (exact) mass is 953 g/mol. The molecular formula is C20H18AuN6P2S6Se2-2. The molecule has 0 aliphatic carbocycles. The second-order valence-electron chi connectivity index (χ2n) is 7.03. The van der Waals surface area contributed by atoms with Crippen molar-refractivity contribution in [2.75, 3.05) is 13.3 Å². The van der Waals surface area contributed by atoms with Crippen LogP contribution in [0.2, 0.25) is 0 Å². The molecule has 37 heavy (non-hydrogen) atoms. The maximum absolute atomic E-state index is 5.10. The molecule has 0 saturated carbocycles. The molecule has 0 bridgehead atoms. The predicted octanol–water partition coefficient (Wildman–Crippen LogP) is 5.00. The number of nitrogens with zero attached hydrogens (tertiary/aromatic N) is 4. The fourth-order valence-corrected chi connectivity index (χ4v) is 14.7. The largest absolute Gasteiger partial charge is 0 e. The van der Waals surface area contributed by atoms with Crippen LogP contribution in [0.1, 0.15) is 0 Å². The molecule has 0 aromatic carbocycles. The Morgan fingerprint density at radius 3 is 1.43 bits per heavy atom. The normalized spacial score (nSPS) is 13.7. The Hall–Kier alpha value is 0.679. The Balaban J connectivity index is 0.000000253. The van der Waals surface area contributed by atoms with E-state index in [1.165, 1.54) is 0 Å². The summed E-state index contributed by atoms with van der Waals surface area (Å²) in [5.74, 6) is 0. The molecular weight excluding hydrogens is 933 g/mol. The number of hydrogen-bond donors (Lipinski definition) is 2. The van der Waals surface area contributed by atoms with E-state index in [0.717, 1.165) is 20.9 Å². The molecule has 0 spiro atoms. The Kier molecular flexibility index (Phi) is 14.3. The Morgan fingerprint density at radius 1 is 0.757 bits per heavy atom. The van der Waals surface area contributed by atoms with E-state index < -0.39 is 9.42 Å². The van der Waals surface area contributed by atoms with Gasteiger partial charge in [-0.2, -0.15) is 0 Å². The van der Waals surface area contributed by atoms with Crippen LogP contribution in [0.15, 0.2) is 81.3 Å². The van der Waals surface area contributed by atoms with Crippen molar-refractivity contribution in [2.24, 2.45) is 0 Å². The van der Waals surface area contributed by atoms with E-state index in [4.69, 9.17) is 49.7 Å². The van der Waals surface area contributed by atoms with Crippen molar-refractivity contribution in [3.63, 3.8) is 0 Å². The number of H-pyrrole nitrogens is 2. The Morgan fingerprint density at radius 2 is 1.14 bits per heavy atom. The number of hydrogen-bond acceptors (Lipinski definition) is 10. The summed E-state index contributed by atoms with van der Waals surface area (Å²) in [6, 6.07) is 15.5. The third-order valence-electron chi connectivity index (χ3n) is 4.06. The van der Waals surface area contributed by atoms with Crippen LogP contribution < -0.4 is 10.9 Å². The van der Waals surface area contributed by atoms with Crippen molar-refractivity contribution in [1.29, 1.82) is 0 Å². The van der Waals surface area contributed by atoms with Gasteiger partial charge in [0.1, 0.15) is 0 Å². The van der Waals surface area contributed by atoms with E-state index in [-0.39, 0.29) is 22.4 Å². The SMILES string of the molecule is CP(=[Se])(Sc1cc(=S)[nH]c([S-])n1)c1ccccn1.CP(=[Se])(Sc1cc(=S)[nH]c([S-])n1)c1ccccn1.[Au]. The third-order valence-corrected chi connectivity index (χ3v) is 18.1. The molecule has 0 amide bonds. The van der Waals surface area contributed by atoms with Crippen LogP contribution in [0.25, 0.3) is 0 Å². The molecule has 0 saturated heterocycles. The van der Waals surface area contributed by atoms with Gasteiger partial charge < -0.3 is 0 Å². The van der Waals surface area contributed by atoms with Gasteiger partial charge in [-0.1, -0.05) is 0 Å². The minimum Gasteiger partial charge on any atom is 0 e. The van der Waals surface area contributed by atoms with Gasteiger partial charge in [0.25, 0.3) is 0 Å². The molecule has 4 aromatic heterocycles. The molecule has 4 aromatic rings. The summed E-state index contributed by atoms with van der Waals surface area (Å²) in [6.07, 6.45) is 3.60. The minimum absolute atomic E-state index is 0. The van der Waals surface area contributed by atoms with Crippen molar-refractivity contribution in [1.82, 2.24) is 29.9 Å². The Labute approximate surface area is 275 Å². The van der Waals surface area contributed by atoms with Crippen molar-refractivity contribution < 1.29 is 22.4 Å². The van der Waals surface area contributed by atoms with Crippen LogP contribution >= 0.6 is 56.6 Å². The van der Waals surface area contributed by atoms with E-state index in [2.05, 4.69) is 73.4 Å². The molecule has 199 valence electrons. The smallest absolute Gasteiger partial charge is 0 e. The molecule has 0 aliphatic heterocycles. The third kappa shape index (κ3) is 11.2. The number of aromatic amines is 2. The quantitative estimate of drug-likeness (QED) is 0.0689. The molecule has 4 heterocycles. The molecule has 2 atom stereocenters. The number of rotatable bonds is 6. The van der Waals surface area contributed by atoms with E-state index in [0.29, 0.717) is 19.6 Å². The zero-order chi connectivity index (χ0) is 26.3. The van der Waals surface area contributed by atoms with Gasteiger partial charge in [-0.3, -0.25) is 0 Å². The topological polar surface area (TPSA) is 83.1 Å². The maximum atomic E-state index is 5.10. The van der Waals surface area contributed by atoms with E-state index >= 15 is 0 Å². The summed E-state index contributed by atoms with van der Waals surface area (Å²) in [6.45, 7) is 4.31. The summed E-state index contributed by atoms with van der Waals surface area (Å²) < 4.78 is -1.87. The summed E-state index contributed by atoms with van der Waals surface area (Å²) in [5.41, 5.74) is 2.11. The standard InChI is InChI=1S/2C10H10N3PS3Se.Au/c2*1-14(18,7-4-2-3-5-11-7)17-9-6-8(15)12-10(16)13-9;/h2*2-6H,1H3,(H2,12,13,15,16);/p-2. The van der Waals surface area contributed by atoms with Gasteiger partial charge in [0, 0.05) is 22.4 Å². The number of pyridine rings is 2. The van der Waals surface area contributed by atoms with Crippen LogP contribution in [0.3, 0.4) is 0 Å². The van der Waals surface area contributed by atoms with Crippen LogP contribution in [0.5, 0.6) is 0 Å².